The van der Waals surface area contributed by atoms with E-state index in [1.54, 1.807) is 0 Å². The predicted octanol–water partition coefficient (Wildman–Crippen LogP) is 0.918. The van der Waals surface area contributed by atoms with Crippen molar-refractivity contribution in [1.29, 1.82) is 0 Å². The fraction of sp³-hybridized carbons (Fsp3) is 0.714. The number of fused-ring (bicyclic) bond motifs is 1. The number of nitrogens with zero attached hydrogens (tertiary/aromatic N) is 3. The second-order valence-electron chi connectivity index (χ2n) is 5.34. The summed E-state index contributed by atoms with van der Waals surface area (Å²) in [5.41, 5.74) is 0. The topological polar surface area (TPSA) is 97.1 Å². The third-order valence-corrected chi connectivity index (χ3v) is 3.65. The zero-order valence-corrected chi connectivity index (χ0v) is 12.2. The number of carboxylic acids is 1. The standard InChI is InChI=1S/C14H22N4O3/c19-13(7-8-14(20)21)15-9-4-6-12-17-16-11-5-2-1-3-10-18(11)12/h1-10H2,(H,15,19)(H,20,21). The van der Waals surface area contributed by atoms with Gasteiger partial charge >= 0.3 is 5.97 Å². The van der Waals surface area contributed by atoms with Crippen molar-refractivity contribution in [1.82, 2.24) is 20.1 Å². The summed E-state index contributed by atoms with van der Waals surface area (Å²) < 4.78 is 2.21. The monoisotopic (exact) mass is 294 g/mol. The van der Waals surface area contributed by atoms with Gasteiger partial charge in [-0.3, -0.25) is 9.59 Å². The lowest BCUT2D eigenvalue weighted by molar-refractivity contribution is -0.138. The van der Waals surface area contributed by atoms with Gasteiger partial charge in [0, 0.05) is 32.4 Å². The molecule has 0 unspecified atom stereocenters. The van der Waals surface area contributed by atoms with Crippen molar-refractivity contribution < 1.29 is 14.7 Å². The van der Waals surface area contributed by atoms with Crippen LogP contribution in [0.4, 0.5) is 0 Å². The third-order valence-electron chi connectivity index (χ3n) is 3.65. The maximum Gasteiger partial charge on any atom is 0.303 e. The molecular formula is C14H22N4O3. The summed E-state index contributed by atoms with van der Waals surface area (Å²) in [6, 6.07) is 0. The number of carbonyl (C=O) groups excluding carboxylic acids is 1. The van der Waals surface area contributed by atoms with E-state index in [0.29, 0.717) is 6.54 Å². The third kappa shape index (κ3) is 4.84. The van der Waals surface area contributed by atoms with Crippen LogP contribution in [0, 0.1) is 0 Å². The van der Waals surface area contributed by atoms with Crippen LogP contribution in [-0.4, -0.2) is 38.3 Å². The van der Waals surface area contributed by atoms with Crippen LogP contribution in [0.2, 0.25) is 0 Å². The Morgan fingerprint density at radius 2 is 2.05 bits per heavy atom. The van der Waals surface area contributed by atoms with Gasteiger partial charge in [0.15, 0.2) is 0 Å². The highest BCUT2D eigenvalue weighted by molar-refractivity contribution is 5.80. The smallest absolute Gasteiger partial charge is 0.303 e. The summed E-state index contributed by atoms with van der Waals surface area (Å²) in [7, 11) is 0. The van der Waals surface area contributed by atoms with Crippen LogP contribution in [0.15, 0.2) is 0 Å². The van der Waals surface area contributed by atoms with E-state index in [1.165, 1.54) is 19.3 Å². The maximum atomic E-state index is 11.4. The Kier molecular flexibility index (Phi) is 5.71. The van der Waals surface area contributed by atoms with Gasteiger partial charge in [-0.15, -0.1) is 10.2 Å². The molecule has 7 heteroatoms. The molecule has 1 aromatic rings. The minimum absolute atomic E-state index is 0.0374. The van der Waals surface area contributed by atoms with E-state index in [4.69, 9.17) is 5.11 Å². The van der Waals surface area contributed by atoms with Crippen LogP contribution < -0.4 is 5.32 Å². The molecule has 21 heavy (non-hydrogen) atoms. The van der Waals surface area contributed by atoms with Crippen molar-refractivity contribution in [2.24, 2.45) is 0 Å². The number of nitrogens with one attached hydrogen (secondary N) is 1. The van der Waals surface area contributed by atoms with E-state index >= 15 is 0 Å². The fourth-order valence-corrected chi connectivity index (χ4v) is 2.51. The van der Waals surface area contributed by atoms with Gasteiger partial charge in [-0.2, -0.15) is 0 Å². The molecule has 0 atom stereocenters. The highest BCUT2D eigenvalue weighted by Crippen LogP contribution is 2.15. The average molecular weight is 294 g/mol. The van der Waals surface area contributed by atoms with Gasteiger partial charge in [0.1, 0.15) is 11.6 Å². The molecule has 0 fully saturated rings. The first-order valence-electron chi connectivity index (χ1n) is 7.56. The predicted molar refractivity (Wildman–Crippen MR) is 75.8 cm³/mol. The number of amides is 1. The zero-order valence-electron chi connectivity index (χ0n) is 12.2. The first kappa shape index (κ1) is 15.5. The number of carbonyl (C=O) groups is 2. The number of aryl methyl sites for hydroxylation is 2. The van der Waals surface area contributed by atoms with E-state index in [9.17, 15) is 9.59 Å². The van der Waals surface area contributed by atoms with Crippen LogP contribution >= 0.6 is 0 Å². The van der Waals surface area contributed by atoms with Crippen molar-refractivity contribution in [2.75, 3.05) is 6.54 Å². The number of hydrogen-bond acceptors (Lipinski definition) is 4. The van der Waals surface area contributed by atoms with E-state index in [0.717, 1.165) is 37.5 Å². The van der Waals surface area contributed by atoms with Crippen LogP contribution in [0.3, 0.4) is 0 Å². The van der Waals surface area contributed by atoms with Gasteiger partial charge in [0.05, 0.1) is 6.42 Å². The molecule has 0 saturated heterocycles. The molecule has 2 rings (SSSR count). The average Bonchev–Trinajstić information content (AvgIpc) is 2.69. The number of hydrogen-bond donors (Lipinski definition) is 2. The summed E-state index contributed by atoms with van der Waals surface area (Å²) in [5, 5.41) is 19.7. The van der Waals surface area contributed by atoms with Gasteiger partial charge < -0.3 is 15.0 Å². The highest BCUT2D eigenvalue weighted by Gasteiger charge is 2.14. The molecule has 0 aromatic carbocycles. The second kappa shape index (κ2) is 7.75. The Balaban J connectivity index is 1.70. The quantitative estimate of drug-likeness (QED) is 0.729. The summed E-state index contributed by atoms with van der Waals surface area (Å²) in [6.45, 7) is 1.53. The van der Waals surface area contributed by atoms with Gasteiger partial charge in [0.2, 0.25) is 5.91 Å². The van der Waals surface area contributed by atoms with Crippen molar-refractivity contribution >= 4 is 11.9 Å². The summed E-state index contributed by atoms with van der Waals surface area (Å²) in [6.07, 6.45) is 6.07. The second-order valence-corrected chi connectivity index (χ2v) is 5.34. The Labute approximate surface area is 123 Å². The Morgan fingerprint density at radius 3 is 2.86 bits per heavy atom. The number of aromatic nitrogens is 3. The molecule has 0 saturated carbocycles. The van der Waals surface area contributed by atoms with Crippen LogP contribution in [0.25, 0.3) is 0 Å². The van der Waals surface area contributed by atoms with Crippen LogP contribution in [0.1, 0.15) is 50.2 Å². The Morgan fingerprint density at radius 1 is 1.19 bits per heavy atom. The van der Waals surface area contributed by atoms with Crippen molar-refractivity contribution in [3.63, 3.8) is 0 Å². The molecular weight excluding hydrogens is 272 g/mol. The molecule has 0 spiro atoms. The van der Waals surface area contributed by atoms with E-state index < -0.39 is 5.97 Å². The molecule has 1 aliphatic heterocycles. The molecule has 1 aromatic heterocycles. The Bertz CT molecular complexity index is 498. The molecule has 1 aliphatic rings. The molecule has 0 aliphatic carbocycles. The molecule has 1 amide bonds. The van der Waals surface area contributed by atoms with Gasteiger partial charge in [-0.25, -0.2) is 0 Å². The van der Waals surface area contributed by atoms with Gasteiger partial charge in [0.25, 0.3) is 0 Å². The van der Waals surface area contributed by atoms with Crippen molar-refractivity contribution in [3.8, 4) is 0 Å². The van der Waals surface area contributed by atoms with Crippen LogP contribution in [-0.2, 0) is 29.0 Å². The molecule has 7 nitrogen and oxygen atoms in total. The minimum Gasteiger partial charge on any atom is -0.481 e. The summed E-state index contributed by atoms with van der Waals surface area (Å²) in [4.78, 5) is 21.7. The number of aliphatic carboxylic acids is 1. The number of rotatable bonds is 7. The maximum absolute atomic E-state index is 11.4. The zero-order chi connectivity index (χ0) is 15.1. The Hall–Kier alpha value is -1.92. The van der Waals surface area contributed by atoms with E-state index in [2.05, 4.69) is 20.1 Å². The largest absolute Gasteiger partial charge is 0.481 e. The lowest BCUT2D eigenvalue weighted by atomic mass is 10.2. The fourth-order valence-electron chi connectivity index (χ4n) is 2.51. The molecule has 0 radical (unpaired) electrons. The summed E-state index contributed by atoms with van der Waals surface area (Å²) in [5.74, 6) is 0.911. The van der Waals surface area contributed by atoms with E-state index in [1.807, 2.05) is 0 Å². The molecule has 2 heterocycles. The normalized spacial score (nSPS) is 14.3. The molecule has 0 bridgehead atoms. The van der Waals surface area contributed by atoms with E-state index in [-0.39, 0.29) is 18.7 Å². The molecule has 2 N–H and O–H groups in total. The van der Waals surface area contributed by atoms with Gasteiger partial charge in [-0.1, -0.05) is 6.42 Å². The molecule has 116 valence electrons. The first-order valence-corrected chi connectivity index (χ1v) is 7.56. The first-order chi connectivity index (χ1) is 10.2. The number of carboxylic acid groups (broad SMARTS) is 1. The van der Waals surface area contributed by atoms with Crippen molar-refractivity contribution in [3.05, 3.63) is 11.6 Å². The highest BCUT2D eigenvalue weighted by atomic mass is 16.4. The minimum atomic E-state index is -0.948. The lowest BCUT2D eigenvalue weighted by Crippen LogP contribution is -2.25. The van der Waals surface area contributed by atoms with Crippen LogP contribution in [0.5, 0.6) is 0 Å². The summed E-state index contributed by atoms with van der Waals surface area (Å²) >= 11 is 0. The lowest BCUT2D eigenvalue weighted by Gasteiger charge is -2.07. The SMILES string of the molecule is O=C(O)CCC(=O)NCCCc1nnc2n1CCCCC2. The van der Waals surface area contributed by atoms with Crippen molar-refractivity contribution in [2.45, 2.75) is 57.9 Å². The van der Waals surface area contributed by atoms with Gasteiger partial charge in [-0.05, 0) is 19.3 Å².